The molecule has 1 unspecified atom stereocenters. The summed E-state index contributed by atoms with van der Waals surface area (Å²) in [4.78, 5) is 50.4. The molecule has 30 heavy (non-hydrogen) atoms. The van der Waals surface area contributed by atoms with Crippen LogP contribution in [0.15, 0.2) is 36.4 Å². The number of amides is 3. The van der Waals surface area contributed by atoms with Crippen LogP contribution in [0.1, 0.15) is 50.8 Å². The van der Waals surface area contributed by atoms with Crippen LogP contribution in [0.5, 0.6) is 0 Å². The molecule has 1 aliphatic heterocycles. The van der Waals surface area contributed by atoms with Crippen molar-refractivity contribution in [1.29, 1.82) is 0 Å². The Morgan fingerprint density at radius 1 is 0.967 bits per heavy atom. The van der Waals surface area contributed by atoms with Gasteiger partial charge in [-0.25, -0.2) is 0 Å². The first kappa shape index (κ1) is 21.2. The van der Waals surface area contributed by atoms with E-state index in [1.165, 1.54) is 6.92 Å². The Kier molecular flexibility index (Phi) is 6.01. The molecule has 0 saturated heterocycles. The van der Waals surface area contributed by atoms with Gasteiger partial charge in [0.25, 0.3) is 17.7 Å². The van der Waals surface area contributed by atoms with Gasteiger partial charge in [0.15, 0.2) is 6.10 Å². The largest absolute Gasteiger partial charge is 0.452 e. The Bertz CT molecular complexity index is 1040. The number of ether oxygens (including phenoxy) is 1. The number of carbonyl (C=O) groups excluding carboxylic acids is 4. The third kappa shape index (κ3) is 4.40. The zero-order valence-corrected chi connectivity index (χ0v) is 17.4. The Labute approximate surface area is 175 Å². The Balaban J connectivity index is 1.54. The smallest absolute Gasteiger partial charge is 0.308 e. The first-order chi connectivity index (χ1) is 14.2. The van der Waals surface area contributed by atoms with Crippen LogP contribution in [0.4, 0.5) is 5.69 Å². The molecule has 2 aromatic carbocycles. The van der Waals surface area contributed by atoms with Crippen molar-refractivity contribution in [3.63, 3.8) is 0 Å². The molecule has 0 radical (unpaired) electrons. The van der Waals surface area contributed by atoms with Gasteiger partial charge in [-0.2, -0.15) is 0 Å². The zero-order valence-electron chi connectivity index (χ0n) is 17.4. The van der Waals surface area contributed by atoms with Crippen LogP contribution in [0.3, 0.4) is 0 Å². The number of rotatable bonds is 6. The summed E-state index contributed by atoms with van der Waals surface area (Å²) in [7, 11) is 0. The van der Waals surface area contributed by atoms with Gasteiger partial charge in [-0.3, -0.25) is 24.1 Å². The number of aryl methyl sites for hydroxylation is 3. The highest BCUT2D eigenvalue weighted by Gasteiger charge is 2.35. The number of anilines is 1. The van der Waals surface area contributed by atoms with Gasteiger partial charge in [0, 0.05) is 12.2 Å². The van der Waals surface area contributed by atoms with Gasteiger partial charge in [0.1, 0.15) is 0 Å². The van der Waals surface area contributed by atoms with Crippen molar-refractivity contribution in [3.05, 3.63) is 64.2 Å². The lowest BCUT2D eigenvalue weighted by Crippen LogP contribution is -2.34. The fourth-order valence-electron chi connectivity index (χ4n) is 3.23. The van der Waals surface area contributed by atoms with E-state index in [0.29, 0.717) is 16.8 Å². The molecule has 1 atom stereocenters. The summed E-state index contributed by atoms with van der Waals surface area (Å²) in [6.07, 6.45) is -1.20. The molecular formula is C23H24N2O5. The molecule has 0 saturated carbocycles. The molecule has 0 fully saturated rings. The minimum atomic E-state index is -1.01. The summed E-state index contributed by atoms with van der Waals surface area (Å²) < 4.78 is 5.18. The second-order valence-electron chi connectivity index (χ2n) is 7.50. The number of esters is 1. The number of nitrogens with one attached hydrogen (secondary N) is 1. The van der Waals surface area contributed by atoms with Gasteiger partial charge in [0.2, 0.25) is 0 Å². The fourth-order valence-corrected chi connectivity index (χ4v) is 3.23. The van der Waals surface area contributed by atoms with E-state index in [9.17, 15) is 19.2 Å². The molecule has 7 nitrogen and oxygen atoms in total. The predicted molar refractivity (Wildman–Crippen MR) is 111 cm³/mol. The number of hydrogen-bond donors (Lipinski definition) is 1. The van der Waals surface area contributed by atoms with Crippen molar-refractivity contribution in [3.8, 4) is 0 Å². The van der Waals surface area contributed by atoms with Crippen LogP contribution in [-0.2, 0) is 14.3 Å². The number of nitrogens with zero attached hydrogens (tertiary/aromatic N) is 1. The molecule has 0 aliphatic carbocycles. The average Bonchev–Trinajstić information content (AvgIpc) is 2.92. The number of benzene rings is 2. The standard InChI is InChI=1S/C23H24N2O5/c1-13-6-8-17-18(11-13)23(29)25(22(17)28)10-9-20(26)30-16(4)21(27)24-19-12-14(2)5-7-15(19)3/h5-8,11-12,16H,9-10H2,1-4H3,(H,24,27). The molecule has 3 rings (SSSR count). The summed E-state index contributed by atoms with van der Waals surface area (Å²) in [6, 6.07) is 10.7. The number of fused-ring (bicyclic) bond motifs is 1. The monoisotopic (exact) mass is 408 g/mol. The SMILES string of the molecule is Cc1ccc(C)c(NC(=O)C(C)OC(=O)CCN2C(=O)c3ccc(C)cc3C2=O)c1. The third-order valence-corrected chi connectivity index (χ3v) is 4.99. The highest BCUT2D eigenvalue weighted by Crippen LogP contribution is 2.24. The summed E-state index contributed by atoms with van der Waals surface area (Å²) in [5.74, 6) is -1.96. The molecule has 0 spiro atoms. The van der Waals surface area contributed by atoms with E-state index in [-0.39, 0.29) is 13.0 Å². The number of hydrogen-bond acceptors (Lipinski definition) is 5. The van der Waals surface area contributed by atoms with Gasteiger partial charge >= 0.3 is 5.97 Å². The maximum absolute atomic E-state index is 12.5. The maximum atomic E-state index is 12.5. The lowest BCUT2D eigenvalue weighted by Gasteiger charge is -2.17. The first-order valence-electron chi connectivity index (χ1n) is 9.72. The molecule has 7 heteroatoms. The second-order valence-corrected chi connectivity index (χ2v) is 7.50. The van der Waals surface area contributed by atoms with E-state index in [4.69, 9.17) is 4.74 Å². The van der Waals surface area contributed by atoms with Gasteiger partial charge in [0.05, 0.1) is 17.5 Å². The van der Waals surface area contributed by atoms with Crippen LogP contribution >= 0.6 is 0 Å². The molecule has 2 aromatic rings. The molecule has 0 aromatic heterocycles. The number of carbonyl (C=O) groups is 4. The van der Waals surface area contributed by atoms with Crippen molar-refractivity contribution in [2.75, 3.05) is 11.9 Å². The summed E-state index contributed by atoms with van der Waals surface area (Å²) in [5.41, 5.74) is 4.10. The Hall–Kier alpha value is -3.48. The highest BCUT2D eigenvalue weighted by atomic mass is 16.5. The van der Waals surface area contributed by atoms with Crippen molar-refractivity contribution >= 4 is 29.4 Å². The van der Waals surface area contributed by atoms with Crippen molar-refractivity contribution in [2.45, 2.75) is 40.2 Å². The molecule has 156 valence electrons. The summed E-state index contributed by atoms with van der Waals surface area (Å²) in [5, 5.41) is 2.75. The third-order valence-electron chi connectivity index (χ3n) is 4.99. The molecule has 1 heterocycles. The molecular weight excluding hydrogens is 384 g/mol. The van der Waals surface area contributed by atoms with E-state index in [1.54, 1.807) is 18.2 Å². The Morgan fingerprint density at radius 3 is 2.33 bits per heavy atom. The van der Waals surface area contributed by atoms with E-state index >= 15 is 0 Å². The van der Waals surface area contributed by atoms with Crippen LogP contribution in [0, 0.1) is 20.8 Å². The fraction of sp³-hybridized carbons (Fsp3) is 0.304. The normalized spacial score (nSPS) is 13.8. The lowest BCUT2D eigenvalue weighted by molar-refractivity contribution is -0.153. The van der Waals surface area contributed by atoms with E-state index in [0.717, 1.165) is 21.6 Å². The topological polar surface area (TPSA) is 92.8 Å². The minimum absolute atomic E-state index is 0.102. The predicted octanol–water partition coefficient (Wildman–Crippen LogP) is 3.17. The summed E-state index contributed by atoms with van der Waals surface area (Å²) in [6.45, 7) is 7.00. The molecule has 1 N–H and O–H groups in total. The van der Waals surface area contributed by atoms with E-state index in [2.05, 4.69) is 5.32 Å². The first-order valence-corrected chi connectivity index (χ1v) is 9.72. The van der Waals surface area contributed by atoms with Gasteiger partial charge in [-0.1, -0.05) is 23.8 Å². The van der Waals surface area contributed by atoms with Crippen molar-refractivity contribution in [2.24, 2.45) is 0 Å². The van der Waals surface area contributed by atoms with Crippen LogP contribution in [-0.4, -0.2) is 41.2 Å². The quantitative estimate of drug-likeness (QED) is 0.585. The second kappa shape index (κ2) is 8.49. The zero-order chi connectivity index (χ0) is 22.0. The average molecular weight is 408 g/mol. The molecule has 0 bridgehead atoms. The van der Waals surface area contributed by atoms with E-state index in [1.807, 2.05) is 39.0 Å². The maximum Gasteiger partial charge on any atom is 0.308 e. The van der Waals surface area contributed by atoms with Crippen LogP contribution in [0.2, 0.25) is 0 Å². The lowest BCUT2D eigenvalue weighted by atomic mass is 10.1. The van der Waals surface area contributed by atoms with Crippen molar-refractivity contribution < 1.29 is 23.9 Å². The summed E-state index contributed by atoms with van der Waals surface area (Å²) >= 11 is 0. The van der Waals surface area contributed by atoms with Gasteiger partial charge in [-0.15, -0.1) is 0 Å². The van der Waals surface area contributed by atoms with Crippen molar-refractivity contribution in [1.82, 2.24) is 4.90 Å². The van der Waals surface area contributed by atoms with E-state index < -0.39 is 29.8 Å². The van der Waals surface area contributed by atoms with Gasteiger partial charge < -0.3 is 10.1 Å². The highest BCUT2D eigenvalue weighted by molar-refractivity contribution is 6.21. The number of imide groups is 1. The minimum Gasteiger partial charge on any atom is -0.452 e. The van der Waals surface area contributed by atoms with Crippen LogP contribution < -0.4 is 5.32 Å². The molecule has 3 amide bonds. The van der Waals surface area contributed by atoms with Gasteiger partial charge in [-0.05, 0) is 57.0 Å². The van der Waals surface area contributed by atoms with Crippen LogP contribution in [0.25, 0.3) is 0 Å². The molecule has 1 aliphatic rings. The Morgan fingerprint density at radius 2 is 1.60 bits per heavy atom.